The van der Waals surface area contributed by atoms with Crippen molar-refractivity contribution in [2.45, 2.75) is 134 Å². The van der Waals surface area contributed by atoms with Gasteiger partial charge >= 0.3 is 11.9 Å². The number of hydrogen-bond acceptors (Lipinski definition) is 7. The van der Waals surface area contributed by atoms with Crippen LogP contribution in [0.4, 0.5) is 0 Å². The summed E-state index contributed by atoms with van der Waals surface area (Å²) in [4.78, 5) is 46.0. The summed E-state index contributed by atoms with van der Waals surface area (Å²) in [6.07, 6.45) is 11.0. The number of esters is 1. The number of ketones is 2. The van der Waals surface area contributed by atoms with Gasteiger partial charge in [0.2, 0.25) is 0 Å². The van der Waals surface area contributed by atoms with Gasteiger partial charge in [-0.15, -0.1) is 0 Å². The van der Waals surface area contributed by atoms with E-state index in [2.05, 4.69) is 34.8 Å². The number of ether oxygens (including phenoxy) is 2. The third kappa shape index (κ3) is 8.31. The molecule has 0 amide bonds. The van der Waals surface area contributed by atoms with E-state index in [-0.39, 0.29) is 42.7 Å². The number of epoxide rings is 1. The van der Waals surface area contributed by atoms with Crippen molar-refractivity contribution in [2.75, 3.05) is 33.3 Å². The highest BCUT2D eigenvalue weighted by Gasteiger charge is 2.87. The van der Waals surface area contributed by atoms with E-state index in [4.69, 9.17) is 20.9 Å². The lowest BCUT2D eigenvalue weighted by Crippen LogP contribution is -2.95. The minimum Gasteiger partial charge on any atom is -0.459 e. The third-order valence-corrected chi connectivity index (χ3v) is 11.5. The van der Waals surface area contributed by atoms with Crippen LogP contribution in [0.1, 0.15) is 104 Å². The number of piperidine rings is 1. The van der Waals surface area contributed by atoms with E-state index in [0.717, 1.165) is 70.2 Å². The standard InChI is InChI=1S/C36H62N6O6/c1-5-7-11-25(22-40-6-2)29(14-10-19-43)47-33(46)36-32(45)27-13-9-8-12-26(27)31(44)35(36,48-36)17-15-23(3)20-28(42-34(38)39-4)24-16-18-41-30(37)21-24/h15,24-30,40-41,43H,5-14,16-22,37H2,1-4H3,(H3,38,39,42)/p+3/t24?,25-,26?,27?,28-,29+,30?,35+,36+/m1/s1. The summed E-state index contributed by atoms with van der Waals surface area (Å²) in [5.74, 6) is -1.20. The summed E-state index contributed by atoms with van der Waals surface area (Å²) in [6.45, 7) is 8.87. The molecule has 4 fully saturated rings. The van der Waals surface area contributed by atoms with Crippen LogP contribution in [0.25, 0.3) is 0 Å². The lowest BCUT2D eigenvalue weighted by atomic mass is 9.61. The van der Waals surface area contributed by atoms with Crippen molar-refractivity contribution in [1.82, 2.24) is 5.32 Å². The maximum Gasteiger partial charge on any atom is 0.350 e. The molecule has 0 aromatic heterocycles. The van der Waals surface area contributed by atoms with Gasteiger partial charge in [-0.05, 0) is 46.0 Å². The van der Waals surface area contributed by atoms with Gasteiger partial charge in [-0.3, -0.25) is 31.4 Å². The van der Waals surface area contributed by atoms with E-state index in [0.29, 0.717) is 44.0 Å². The monoisotopic (exact) mass is 677 g/mol. The molecule has 0 bridgehead atoms. The van der Waals surface area contributed by atoms with Gasteiger partial charge < -0.3 is 25.2 Å². The van der Waals surface area contributed by atoms with Crippen molar-refractivity contribution in [2.24, 2.45) is 35.1 Å². The number of carbonyl (C=O) groups excluding carboxylic acids is 3. The predicted octanol–water partition coefficient (Wildman–Crippen LogP) is -1.51. The number of Topliss-reactive ketones (excluding diaryl/α,β-unsaturated/α-hetero) is 2. The maximum atomic E-state index is 14.4. The Balaban J connectivity index is 1.61. The number of rotatable bonds is 18. The first-order valence-electron chi connectivity index (χ1n) is 18.8. The van der Waals surface area contributed by atoms with Crippen LogP contribution in [0.2, 0.25) is 0 Å². The molecule has 12 heteroatoms. The summed E-state index contributed by atoms with van der Waals surface area (Å²) in [5.41, 5.74) is 10.0. The third-order valence-electron chi connectivity index (χ3n) is 11.5. The van der Waals surface area contributed by atoms with Gasteiger partial charge in [0.1, 0.15) is 12.3 Å². The van der Waals surface area contributed by atoms with Gasteiger partial charge in [0.15, 0.2) is 17.2 Å². The van der Waals surface area contributed by atoms with Gasteiger partial charge in [0.05, 0.1) is 32.7 Å². The Hall–Kier alpha value is -2.38. The molecule has 12 nitrogen and oxygen atoms in total. The van der Waals surface area contributed by atoms with E-state index in [9.17, 15) is 19.5 Å². The summed E-state index contributed by atoms with van der Waals surface area (Å²) in [5, 5.41) is 17.5. The van der Waals surface area contributed by atoms with E-state index < -0.39 is 35.1 Å². The van der Waals surface area contributed by atoms with Gasteiger partial charge in [0.25, 0.3) is 5.60 Å². The summed E-state index contributed by atoms with van der Waals surface area (Å²) >= 11 is 0. The molecule has 0 spiro atoms. The molecule has 48 heavy (non-hydrogen) atoms. The second-order valence-electron chi connectivity index (χ2n) is 14.8. The summed E-state index contributed by atoms with van der Waals surface area (Å²) < 4.78 is 12.6. The second kappa shape index (κ2) is 17.5. The van der Waals surface area contributed by atoms with Gasteiger partial charge in [-0.2, -0.15) is 0 Å². The molecule has 4 rings (SSSR count). The highest BCUT2D eigenvalue weighted by atomic mass is 16.7. The van der Waals surface area contributed by atoms with Crippen molar-refractivity contribution in [3.8, 4) is 0 Å². The van der Waals surface area contributed by atoms with Crippen LogP contribution in [-0.2, 0) is 23.9 Å². The smallest absolute Gasteiger partial charge is 0.350 e. The predicted molar refractivity (Wildman–Crippen MR) is 182 cm³/mol. The molecule has 9 atom stereocenters. The zero-order valence-corrected chi connectivity index (χ0v) is 29.9. The zero-order valence-electron chi connectivity index (χ0n) is 29.9. The summed E-state index contributed by atoms with van der Waals surface area (Å²) in [6, 6.07) is 0.0273. The fourth-order valence-corrected chi connectivity index (χ4v) is 8.64. The molecule has 0 aromatic carbocycles. The molecule has 2 saturated heterocycles. The normalized spacial score (nSPS) is 32.5. The zero-order chi connectivity index (χ0) is 34.9. The van der Waals surface area contributed by atoms with Crippen LogP contribution in [0, 0.1) is 23.7 Å². The fraction of sp³-hybridized carbons (Fsp3) is 0.833. The van der Waals surface area contributed by atoms with E-state index in [1.54, 1.807) is 7.05 Å². The number of aliphatic hydroxyl groups excluding tert-OH is 1. The largest absolute Gasteiger partial charge is 0.459 e. The summed E-state index contributed by atoms with van der Waals surface area (Å²) in [7, 11) is 1.78. The van der Waals surface area contributed by atoms with Crippen molar-refractivity contribution < 1.29 is 44.6 Å². The molecule has 2 aliphatic heterocycles. The van der Waals surface area contributed by atoms with E-state index in [1.165, 1.54) is 0 Å². The van der Waals surface area contributed by atoms with Gasteiger partial charge in [-0.25, -0.2) is 4.79 Å². The van der Waals surface area contributed by atoms with Crippen molar-refractivity contribution in [1.29, 1.82) is 0 Å². The molecule has 4 unspecified atom stereocenters. The second-order valence-corrected chi connectivity index (χ2v) is 14.8. The van der Waals surface area contributed by atoms with Gasteiger partial charge in [-0.1, -0.05) is 44.3 Å². The van der Waals surface area contributed by atoms with Crippen LogP contribution in [0.3, 0.4) is 0 Å². The minimum absolute atomic E-state index is 0.0124. The SMILES string of the molecule is CCCC[C@H](C[NH2+]CC)[C@H](CCCO)OC(=O)[C@]12O[C@@]1(CC=C(C)C[C@@H](NC(N)=[NH+]C)C1CC[NH2+]C(N)C1)C(=O)C1CCCCC1C2=O. The minimum atomic E-state index is -1.91. The first kappa shape index (κ1) is 38.4. The number of hydrogen-bond donors (Lipinski definition) is 7. The molecule has 2 aliphatic carbocycles. The first-order valence-corrected chi connectivity index (χ1v) is 18.8. The van der Waals surface area contributed by atoms with Crippen LogP contribution in [0.5, 0.6) is 0 Å². The lowest BCUT2D eigenvalue weighted by Gasteiger charge is -2.37. The Kier molecular flexibility index (Phi) is 14.0. The first-order chi connectivity index (χ1) is 23.1. The number of quaternary nitrogens is 2. The molecule has 2 saturated carbocycles. The van der Waals surface area contributed by atoms with E-state index in [1.807, 2.05) is 13.0 Å². The van der Waals surface area contributed by atoms with Crippen molar-refractivity contribution in [3.05, 3.63) is 11.6 Å². The molecule has 0 radical (unpaired) electrons. The fourth-order valence-electron chi connectivity index (χ4n) is 8.64. The van der Waals surface area contributed by atoms with Gasteiger partial charge in [0, 0.05) is 56.0 Å². The highest BCUT2D eigenvalue weighted by Crippen LogP contribution is 2.61. The molecule has 272 valence electrons. The number of aliphatic hydroxyl groups is 1. The molecule has 2 heterocycles. The number of guanidine groups is 1. The van der Waals surface area contributed by atoms with Crippen LogP contribution in [-0.4, -0.2) is 91.4 Å². The van der Waals surface area contributed by atoms with E-state index >= 15 is 0 Å². The molecule has 11 N–H and O–H groups in total. The number of fused-ring (bicyclic) bond motifs is 2. The Morgan fingerprint density at radius 2 is 1.92 bits per heavy atom. The molecule has 0 aromatic rings. The Labute approximate surface area is 287 Å². The molecular formula is C36H65N6O6+3. The van der Waals surface area contributed by atoms with Crippen LogP contribution in [0.15, 0.2) is 11.6 Å². The number of carbonyl (C=O) groups is 3. The highest BCUT2D eigenvalue weighted by molar-refractivity contribution is 6.23. The Morgan fingerprint density at radius 3 is 2.56 bits per heavy atom. The van der Waals surface area contributed by atoms with Crippen molar-refractivity contribution >= 4 is 23.5 Å². The average Bonchev–Trinajstić information content (AvgIpc) is 3.80. The number of unbranched alkanes of at least 4 members (excludes halogenated alkanes) is 1. The average molecular weight is 678 g/mol. The number of nitrogens with one attached hydrogen (secondary N) is 2. The Morgan fingerprint density at radius 1 is 1.19 bits per heavy atom. The quantitative estimate of drug-likeness (QED) is 0.0225. The lowest BCUT2D eigenvalue weighted by molar-refractivity contribution is -0.699. The maximum absolute atomic E-state index is 14.4. The Bertz CT molecular complexity index is 1170. The topological polar surface area (TPSA) is 204 Å². The van der Waals surface area contributed by atoms with Crippen LogP contribution >= 0.6 is 0 Å². The van der Waals surface area contributed by atoms with Crippen LogP contribution < -0.4 is 32.4 Å². The number of nitrogens with two attached hydrogens (primary N) is 4. The molecular weight excluding hydrogens is 612 g/mol. The molecule has 4 aliphatic rings. The van der Waals surface area contributed by atoms with Crippen molar-refractivity contribution in [3.63, 3.8) is 0 Å².